The van der Waals surface area contributed by atoms with E-state index in [4.69, 9.17) is 16.3 Å². The predicted molar refractivity (Wildman–Crippen MR) is 146 cm³/mol. The molecule has 1 saturated carbocycles. The average molecular weight is 613 g/mol. The molecule has 3 fully saturated rings. The van der Waals surface area contributed by atoms with E-state index in [1.165, 1.54) is 23.1 Å². The first-order chi connectivity index (χ1) is 19.9. The molecule has 0 radical (unpaired) electrons. The van der Waals surface area contributed by atoms with Gasteiger partial charge in [-0.2, -0.15) is 0 Å². The molecule has 2 aliphatic heterocycles. The van der Waals surface area contributed by atoms with E-state index < -0.39 is 35.8 Å². The second-order valence-corrected chi connectivity index (χ2v) is 11.7. The van der Waals surface area contributed by atoms with Gasteiger partial charge in [0.05, 0.1) is 5.56 Å². The molecule has 2 aromatic carbocycles. The lowest BCUT2D eigenvalue weighted by molar-refractivity contribution is -0.274. The Morgan fingerprint density at radius 3 is 2.45 bits per heavy atom. The van der Waals surface area contributed by atoms with Crippen LogP contribution in [0.2, 0.25) is 5.02 Å². The fourth-order valence-corrected chi connectivity index (χ4v) is 6.35. The molecule has 3 atom stereocenters. The number of rotatable bonds is 9. The number of hydrogen-bond donors (Lipinski definition) is 1. The Kier molecular flexibility index (Phi) is 8.89. The number of ether oxygens (including phenoxy) is 2. The molecule has 42 heavy (non-hydrogen) atoms. The molecule has 1 aliphatic carbocycles. The number of alkyl halides is 3. The number of halogens is 5. The lowest BCUT2D eigenvalue weighted by atomic mass is 9.94. The van der Waals surface area contributed by atoms with Gasteiger partial charge in [0.2, 0.25) is 0 Å². The largest absolute Gasteiger partial charge is 0.573 e. The number of aliphatic carboxylic acids is 1. The molecule has 1 amide bonds. The second kappa shape index (κ2) is 12.3. The molecule has 7 nitrogen and oxygen atoms in total. The van der Waals surface area contributed by atoms with Crippen LogP contribution in [-0.2, 0) is 11.3 Å². The van der Waals surface area contributed by atoms with Crippen molar-refractivity contribution in [1.82, 2.24) is 9.80 Å². The Bertz CT molecular complexity index is 1340. The topological polar surface area (TPSA) is 79.3 Å². The van der Waals surface area contributed by atoms with Gasteiger partial charge in [-0.1, -0.05) is 18.5 Å². The Labute approximate surface area is 246 Å². The summed E-state index contributed by atoms with van der Waals surface area (Å²) < 4.78 is 63.5. The van der Waals surface area contributed by atoms with Crippen LogP contribution in [0.25, 0.3) is 0 Å². The van der Waals surface area contributed by atoms with E-state index in [2.05, 4.69) is 9.64 Å². The van der Waals surface area contributed by atoms with Gasteiger partial charge in [-0.05, 0) is 86.3 Å². The van der Waals surface area contributed by atoms with Gasteiger partial charge >= 0.3 is 12.3 Å². The van der Waals surface area contributed by atoms with E-state index in [9.17, 15) is 27.9 Å². The van der Waals surface area contributed by atoms with Crippen LogP contribution in [-0.4, -0.2) is 64.4 Å². The maximum Gasteiger partial charge on any atom is 0.573 e. The Morgan fingerprint density at radius 1 is 1.05 bits per heavy atom. The quantitative estimate of drug-likeness (QED) is 0.315. The third-order valence-electron chi connectivity index (χ3n) is 8.29. The van der Waals surface area contributed by atoms with Crippen LogP contribution in [0.5, 0.6) is 11.5 Å². The van der Waals surface area contributed by atoms with E-state index in [1.807, 2.05) is 6.92 Å². The van der Waals surface area contributed by atoms with Crippen molar-refractivity contribution in [3.05, 3.63) is 57.9 Å². The Balaban J connectivity index is 1.29. The van der Waals surface area contributed by atoms with Crippen LogP contribution in [0, 0.1) is 5.82 Å². The number of carboxylic acids is 1. The molecule has 2 saturated heterocycles. The first kappa shape index (κ1) is 30.4. The highest BCUT2D eigenvalue weighted by Gasteiger charge is 2.37. The molecule has 0 bridgehead atoms. The summed E-state index contributed by atoms with van der Waals surface area (Å²) >= 11 is 6.00. The van der Waals surface area contributed by atoms with Gasteiger partial charge in [0.25, 0.3) is 5.91 Å². The number of carboxylic acid groups (broad SMARTS) is 1. The van der Waals surface area contributed by atoms with E-state index in [-0.39, 0.29) is 40.9 Å². The molecule has 0 spiro atoms. The van der Waals surface area contributed by atoms with Gasteiger partial charge in [0, 0.05) is 36.8 Å². The molecule has 2 heterocycles. The van der Waals surface area contributed by atoms with Gasteiger partial charge in [0.1, 0.15) is 29.5 Å². The standard InChI is InChI=1S/C30H33ClF4N2O5/c1-2-20-13-21(41-22-11-19(31)12-23(14-22)42-30(33,34)35)7-9-36(20)16-18-10-26(32)25(15-24(18)17-5-6-17)28(38)37-8-3-4-27(37)29(39)40/h10-12,14-15,17,20-21,27H,2-9,13,16H2,1H3,(H,39,40)/t20-,21-,27+/m1/s1. The van der Waals surface area contributed by atoms with Crippen molar-refractivity contribution in [3.63, 3.8) is 0 Å². The minimum Gasteiger partial charge on any atom is -0.490 e. The average Bonchev–Trinajstić information content (AvgIpc) is 3.62. The second-order valence-electron chi connectivity index (χ2n) is 11.3. The minimum absolute atomic E-state index is 0.0657. The van der Waals surface area contributed by atoms with Crippen LogP contribution in [0.1, 0.15) is 79.3 Å². The number of likely N-dealkylation sites (tertiary alicyclic amines) is 2. The number of hydrogen-bond acceptors (Lipinski definition) is 5. The van der Waals surface area contributed by atoms with Crippen LogP contribution in [0.3, 0.4) is 0 Å². The Morgan fingerprint density at radius 2 is 1.79 bits per heavy atom. The third kappa shape index (κ3) is 7.11. The molecular formula is C30H33ClF4N2O5. The minimum atomic E-state index is -4.85. The van der Waals surface area contributed by atoms with Crippen molar-refractivity contribution in [2.24, 2.45) is 0 Å². The zero-order chi connectivity index (χ0) is 30.2. The summed E-state index contributed by atoms with van der Waals surface area (Å²) in [6.07, 6.45) is -0.304. The fourth-order valence-electron chi connectivity index (χ4n) is 6.14. The van der Waals surface area contributed by atoms with Crippen molar-refractivity contribution in [2.75, 3.05) is 13.1 Å². The summed E-state index contributed by atoms with van der Waals surface area (Å²) in [6.45, 7) is 3.42. The Hall–Kier alpha value is -3.05. The number of carbonyl (C=O) groups excluding carboxylic acids is 1. The highest BCUT2D eigenvalue weighted by Crippen LogP contribution is 2.43. The van der Waals surface area contributed by atoms with Crippen LogP contribution in [0.15, 0.2) is 30.3 Å². The van der Waals surface area contributed by atoms with Gasteiger partial charge in [-0.3, -0.25) is 9.69 Å². The molecule has 5 rings (SSSR count). The van der Waals surface area contributed by atoms with Crippen molar-refractivity contribution in [1.29, 1.82) is 0 Å². The van der Waals surface area contributed by atoms with E-state index in [1.54, 1.807) is 6.07 Å². The number of piperidine rings is 1. The fraction of sp³-hybridized carbons (Fsp3) is 0.533. The van der Waals surface area contributed by atoms with Crippen molar-refractivity contribution >= 4 is 23.5 Å². The maximum atomic E-state index is 15.4. The highest BCUT2D eigenvalue weighted by atomic mass is 35.5. The van der Waals surface area contributed by atoms with Crippen molar-refractivity contribution < 1.29 is 41.7 Å². The zero-order valence-electron chi connectivity index (χ0n) is 23.1. The molecule has 0 aromatic heterocycles. The molecule has 3 aliphatic rings. The molecular weight excluding hydrogens is 580 g/mol. The van der Waals surface area contributed by atoms with E-state index in [0.29, 0.717) is 38.8 Å². The lowest BCUT2D eigenvalue weighted by Crippen LogP contribution is -2.45. The van der Waals surface area contributed by atoms with E-state index in [0.717, 1.165) is 36.5 Å². The normalized spacial score (nSPS) is 23.2. The van der Waals surface area contributed by atoms with Crippen molar-refractivity contribution in [2.45, 2.75) is 88.9 Å². The lowest BCUT2D eigenvalue weighted by Gasteiger charge is -2.39. The summed E-state index contributed by atoms with van der Waals surface area (Å²) in [7, 11) is 0. The zero-order valence-corrected chi connectivity index (χ0v) is 23.9. The van der Waals surface area contributed by atoms with Gasteiger partial charge in [0.15, 0.2) is 0 Å². The summed E-state index contributed by atoms with van der Waals surface area (Å²) in [4.78, 5) is 28.3. The summed E-state index contributed by atoms with van der Waals surface area (Å²) in [5, 5.41) is 9.55. The third-order valence-corrected chi connectivity index (χ3v) is 8.51. The molecule has 2 aromatic rings. The first-order valence-electron chi connectivity index (χ1n) is 14.2. The van der Waals surface area contributed by atoms with Gasteiger partial charge in [-0.15, -0.1) is 13.2 Å². The van der Waals surface area contributed by atoms with Gasteiger partial charge in [-0.25, -0.2) is 9.18 Å². The number of benzene rings is 2. The molecule has 228 valence electrons. The number of nitrogens with zero attached hydrogens (tertiary/aromatic N) is 2. The van der Waals surface area contributed by atoms with E-state index >= 15 is 4.39 Å². The monoisotopic (exact) mass is 612 g/mol. The molecule has 1 N–H and O–H groups in total. The summed E-state index contributed by atoms with van der Waals surface area (Å²) in [5.74, 6) is -2.34. The SMILES string of the molecule is CC[C@@H]1C[C@H](Oc2cc(Cl)cc(OC(F)(F)F)c2)CCN1Cc1cc(F)c(C(=O)N2CCC[C@H]2C(=O)O)cc1C1CC1. The predicted octanol–water partition coefficient (Wildman–Crippen LogP) is 6.77. The van der Waals surface area contributed by atoms with Crippen molar-refractivity contribution in [3.8, 4) is 11.5 Å². The first-order valence-corrected chi connectivity index (χ1v) is 14.6. The molecule has 0 unspecified atom stereocenters. The highest BCUT2D eigenvalue weighted by molar-refractivity contribution is 6.30. The number of amides is 1. The molecule has 12 heteroatoms. The van der Waals surface area contributed by atoms with Crippen LogP contribution >= 0.6 is 11.6 Å². The maximum absolute atomic E-state index is 15.4. The van der Waals surface area contributed by atoms with Crippen LogP contribution in [0.4, 0.5) is 17.6 Å². The summed E-state index contributed by atoms with van der Waals surface area (Å²) in [5.41, 5.74) is 1.66. The smallest absolute Gasteiger partial charge is 0.490 e. The van der Waals surface area contributed by atoms with Gasteiger partial charge < -0.3 is 19.5 Å². The summed E-state index contributed by atoms with van der Waals surface area (Å²) in [6, 6.07) is 5.88. The van der Waals surface area contributed by atoms with Crippen LogP contribution < -0.4 is 9.47 Å². The number of carbonyl (C=O) groups is 2.